The van der Waals surface area contributed by atoms with E-state index in [4.69, 9.17) is 9.47 Å². The van der Waals surface area contributed by atoms with Crippen LogP contribution in [0.2, 0.25) is 0 Å². The minimum absolute atomic E-state index is 0.787. The topological polar surface area (TPSA) is 30.5 Å². The molecule has 1 aromatic carbocycles. The summed E-state index contributed by atoms with van der Waals surface area (Å²) in [7, 11) is 3.35. The molecule has 0 spiro atoms. The van der Waals surface area contributed by atoms with E-state index in [1.807, 2.05) is 12.1 Å². The molecule has 0 aromatic heterocycles. The average Bonchev–Trinajstić information content (AvgIpc) is 2.78. The first-order valence-corrected chi connectivity index (χ1v) is 12.4. The molecule has 1 N–H and O–H groups in total. The van der Waals surface area contributed by atoms with Gasteiger partial charge >= 0.3 is 0 Å². The van der Waals surface area contributed by atoms with Crippen LogP contribution in [0.4, 0.5) is 0 Å². The van der Waals surface area contributed by atoms with Crippen molar-refractivity contribution in [2.45, 2.75) is 103 Å². The number of rotatable bonds is 20. The van der Waals surface area contributed by atoms with Gasteiger partial charge in [-0.15, -0.1) is 0 Å². The summed E-state index contributed by atoms with van der Waals surface area (Å²) in [6.07, 6.45) is 23.8. The second-order valence-corrected chi connectivity index (χ2v) is 8.30. The van der Waals surface area contributed by atoms with Crippen molar-refractivity contribution in [1.29, 1.82) is 0 Å². The molecule has 0 bridgehead atoms. The van der Waals surface area contributed by atoms with Crippen molar-refractivity contribution in [3.8, 4) is 11.5 Å². The average molecular weight is 418 g/mol. The van der Waals surface area contributed by atoms with Gasteiger partial charge in [0.25, 0.3) is 0 Å². The highest BCUT2D eigenvalue weighted by molar-refractivity contribution is 5.42. The van der Waals surface area contributed by atoms with Gasteiger partial charge in [-0.2, -0.15) is 0 Å². The Kier molecular flexibility index (Phi) is 17.2. The second kappa shape index (κ2) is 19.5. The van der Waals surface area contributed by atoms with Crippen LogP contribution in [0.15, 0.2) is 30.4 Å². The van der Waals surface area contributed by atoms with Gasteiger partial charge in [0.15, 0.2) is 11.5 Å². The summed E-state index contributed by atoms with van der Waals surface area (Å²) >= 11 is 0. The van der Waals surface area contributed by atoms with Crippen LogP contribution >= 0.6 is 0 Å². The standard InChI is InChI=1S/C27H47NO2/c1-4-5-6-7-8-9-10-11-12-13-14-15-16-17-18-19-22-28-24-25-20-21-26(29-2)27(23-25)30-3/h11-12,20-21,23,28H,4-10,13-19,22,24H2,1-3H3/b12-11+. The fourth-order valence-corrected chi connectivity index (χ4v) is 3.72. The molecule has 0 aliphatic carbocycles. The van der Waals surface area contributed by atoms with E-state index in [1.54, 1.807) is 14.2 Å². The Morgan fingerprint density at radius 1 is 0.700 bits per heavy atom. The molecular formula is C27H47NO2. The monoisotopic (exact) mass is 417 g/mol. The molecule has 0 fully saturated rings. The van der Waals surface area contributed by atoms with Crippen molar-refractivity contribution in [2.75, 3.05) is 20.8 Å². The van der Waals surface area contributed by atoms with Crippen LogP contribution in [0.1, 0.15) is 102 Å². The van der Waals surface area contributed by atoms with E-state index >= 15 is 0 Å². The van der Waals surface area contributed by atoms with E-state index < -0.39 is 0 Å². The van der Waals surface area contributed by atoms with E-state index in [0.29, 0.717) is 0 Å². The number of unbranched alkanes of at least 4 members (excludes halogenated alkanes) is 12. The van der Waals surface area contributed by atoms with E-state index in [2.05, 4.69) is 30.5 Å². The second-order valence-electron chi connectivity index (χ2n) is 8.30. The van der Waals surface area contributed by atoms with Crippen LogP contribution < -0.4 is 14.8 Å². The van der Waals surface area contributed by atoms with Crippen LogP contribution in [0.25, 0.3) is 0 Å². The lowest BCUT2D eigenvalue weighted by molar-refractivity contribution is 0.354. The molecule has 0 radical (unpaired) electrons. The predicted molar refractivity (Wildman–Crippen MR) is 131 cm³/mol. The van der Waals surface area contributed by atoms with Gasteiger partial charge in [0, 0.05) is 6.54 Å². The molecule has 0 unspecified atom stereocenters. The molecule has 3 nitrogen and oxygen atoms in total. The third-order valence-corrected chi connectivity index (χ3v) is 5.64. The zero-order valence-electron chi connectivity index (χ0n) is 20.0. The fraction of sp³-hybridized carbons (Fsp3) is 0.704. The van der Waals surface area contributed by atoms with Crippen molar-refractivity contribution < 1.29 is 9.47 Å². The molecule has 1 aromatic rings. The Bertz CT molecular complexity index is 542. The summed E-state index contributed by atoms with van der Waals surface area (Å²) in [5.41, 5.74) is 1.23. The van der Waals surface area contributed by atoms with E-state index in [0.717, 1.165) is 24.6 Å². The van der Waals surface area contributed by atoms with Crippen molar-refractivity contribution in [3.05, 3.63) is 35.9 Å². The Balaban J connectivity index is 1.87. The van der Waals surface area contributed by atoms with Gasteiger partial charge < -0.3 is 14.8 Å². The Hall–Kier alpha value is -1.48. The van der Waals surface area contributed by atoms with Crippen LogP contribution in [0.5, 0.6) is 11.5 Å². The molecule has 3 heteroatoms. The number of methoxy groups -OCH3 is 2. The molecule has 1 rings (SSSR count). The van der Waals surface area contributed by atoms with Gasteiger partial charge in [-0.05, 0) is 56.3 Å². The molecule has 0 aliphatic rings. The predicted octanol–water partition coefficient (Wildman–Crippen LogP) is 7.83. The Labute approximate surface area is 186 Å². The lowest BCUT2D eigenvalue weighted by Gasteiger charge is -2.10. The number of hydrogen-bond donors (Lipinski definition) is 1. The smallest absolute Gasteiger partial charge is 0.161 e. The number of benzene rings is 1. The van der Waals surface area contributed by atoms with Gasteiger partial charge in [0.2, 0.25) is 0 Å². The van der Waals surface area contributed by atoms with Crippen LogP contribution in [-0.4, -0.2) is 20.8 Å². The third kappa shape index (κ3) is 13.7. The van der Waals surface area contributed by atoms with Crippen LogP contribution in [0, 0.1) is 0 Å². The molecule has 0 aliphatic heterocycles. The largest absolute Gasteiger partial charge is 0.493 e. The third-order valence-electron chi connectivity index (χ3n) is 5.64. The van der Waals surface area contributed by atoms with Crippen LogP contribution in [0.3, 0.4) is 0 Å². The fourth-order valence-electron chi connectivity index (χ4n) is 3.72. The SMILES string of the molecule is CCCCCCCC/C=C/CCCCCCCCNCc1ccc(OC)c(OC)c1. The van der Waals surface area contributed by atoms with E-state index in [-0.39, 0.29) is 0 Å². The molecule has 0 atom stereocenters. The van der Waals surface area contributed by atoms with Crippen molar-refractivity contribution in [3.63, 3.8) is 0 Å². The summed E-state index contributed by atoms with van der Waals surface area (Å²) in [5.74, 6) is 1.59. The molecule has 0 saturated heterocycles. The highest BCUT2D eigenvalue weighted by Gasteiger charge is 2.04. The Morgan fingerprint density at radius 3 is 1.87 bits per heavy atom. The first-order chi connectivity index (χ1) is 14.8. The zero-order chi connectivity index (χ0) is 21.7. The quantitative estimate of drug-likeness (QED) is 0.173. The summed E-state index contributed by atoms with van der Waals surface area (Å²) in [6, 6.07) is 6.12. The van der Waals surface area contributed by atoms with Gasteiger partial charge in [-0.1, -0.05) is 82.9 Å². The van der Waals surface area contributed by atoms with E-state index in [9.17, 15) is 0 Å². The van der Waals surface area contributed by atoms with Crippen molar-refractivity contribution >= 4 is 0 Å². The van der Waals surface area contributed by atoms with Gasteiger partial charge in [-0.3, -0.25) is 0 Å². The number of hydrogen-bond acceptors (Lipinski definition) is 3. The molecule has 30 heavy (non-hydrogen) atoms. The lowest BCUT2D eigenvalue weighted by Crippen LogP contribution is -2.14. The van der Waals surface area contributed by atoms with Gasteiger partial charge in [-0.25, -0.2) is 0 Å². The number of ether oxygens (including phenoxy) is 2. The number of allylic oxidation sites excluding steroid dienone is 2. The summed E-state index contributed by atoms with van der Waals surface area (Å²) < 4.78 is 10.6. The summed E-state index contributed by atoms with van der Waals surface area (Å²) in [6.45, 7) is 4.24. The van der Waals surface area contributed by atoms with Crippen molar-refractivity contribution in [1.82, 2.24) is 5.32 Å². The first-order valence-electron chi connectivity index (χ1n) is 12.4. The minimum Gasteiger partial charge on any atom is -0.493 e. The van der Waals surface area contributed by atoms with Crippen LogP contribution in [-0.2, 0) is 6.54 Å². The minimum atomic E-state index is 0.787. The maximum Gasteiger partial charge on any atom is 0.161 e. The molecular weight excluding hydrogens is 370 g/mol. The molecule has 0 saturated carbocycles. The van der Waals surface area contributed by atoms with Gasteiger partial charge in [0.05, 0.1) is 14.2 Å². The maximum atomic E-state index is 5.36. The molecule has 172 valence electrons. The Morgan fingerprint density at radius 2 is 1.27 bits per heavy atom. The lowest BCUT2D eigenvalue weighted by atomic mass is 10.1. The highest BCUT2D eigenvalue weighted by Crippen LogP contribution is 2.27. The van der Waals surface area contributed by atoms with Crippen molar-refractivity contribution in [2.24, 2.45) is 0 Å². The molecule has 0 heterocycles. The molecule has 0 amide bonds. The zero-order valence-corrected chi connectivity index (χ0v) is 20.0. The van der Waals surface area contributed by atoms with Gasteiger partial charge in [0.1, 0.15) is 0 Å². The maximum absolute atomic E-state index is 5.36. The highest BCUT2D eigenvalue weighted by atomic mass is 16.5. The summed E-state index contributed by atoms with van der Waals surface area (Å²) in [5, 5.41) is 3.53. The summed E-state index contributed by atoms with van der Waals surface area (Å²) in [4.78, 5) is 0. The number of nitrogens with one attached hydrogen (secondary N) is 1. The normalized spacial score (nSPS) is 11.3. The van der Waals surface area contributed by atoms with E-state index in [1.165, 1.54) is 95.5 Å². The first kappa shape index (κ1) is 26.6.